The molecule has 5 rings (SSSR count). The third-order valence-corrected chi connectivity index (χ3v) is 6.09. The number of hydrogen-bond donors (Lipinski definition) is 2. The van der Waals surface area contributed by atoms with Gasteiger partial charge in [0.25, 0.3) is 0 Å². The highest BCUT2D eigenvalue weighted by atomic mass is 32.1. The standard InChI is InChI=1S/C26H22N4OS/c1-18-7-9-19(10-8-18)24-16-30-23(17-32-26(30)29-24)15-25(31)28-22-13-11-21(12-14-22)27-20-5-3-2-4-6-20/h2-14,16-17,27H,15H2,1H3,(H,28,31). The highest BCUT2D eigenvalue weighted by Gasteiger charge is 2.13. The maximum atomic E-state index is 12.7. The van der Waals surface area contributed by atoms with Crippen molar-refractivity contribution in [3.8, 4) is 11.3 Å². The van der Waals surface area contributed by atoms with Crippen molar-refractivity contribution in [3.05, 3.63) is 102 Å². The smallest absolute Gasteiger partial charge is 0.230 e. The molecule has 0 radical (unpaired) electrons. The number of carbonyl (C=O) groups excluding carboxylic acids is 1. The molecule has 2 heterocycles. The second-order valence-electron chi connectivity index (χ2n) is 7.67. The van der Waals surface area contributed by atoms with E-state index in [-0.39, 0.29) is 12.3 Å². The van der Waals surface area contributed by atoms with Crippen molar-refractivity contribution >= 4 is 39.3 Å². The van der Waals surface area contributed by atoms with Crippen molar-refractivity contribution in [1.29, 1.82) is 0 Å². The Kier molecular flexibility index (Phi) is 5.44. The maximum absolute atomic E-state index is 12.7. The number of fused-ring (bicyclic) bond motifs is 1. The predicted molar refractivity (Wildman–Crippen MR) is 132 cm³/mol. The first-order valence-corrected chi connectivity index (χ1v) is 11.3. The molecule has 0 aliphatic rings. The molecule has 32 heavy (non-hydrogen) atoms. The van der Waals surface area contributed by atoms with E-state index in [2.05, 4.69) is 41.8 Å². The molecule has 158 valence electrons. The van der Waals surface area contributed by atoms with E-state index in [0.29, 0.717) is 0 Å². The van der Waals surface area contributed by atoms with Crippen LogP contribution in [0.2, 0.25) is 0 Å². The first-order valence-electron chi connectivity index (χ1n) is 10.4. The number of para-hydroxylation sites is 1. The molecule has 0 fully saturated rings. The average Bonchev–Trinajstić information content (AvgIpc) is 3.38. The molecule has 0 bridgehead atoms. The Balaban J connectivity index is 1.25. The molecule has 0 saturated heterocycles. The molecule has 5 aromatic rings. The summed E-state index contributed by atoms with van der Waals surface area (Å²) in [6.45, 7) is 2.07. The van der Waals surface area contributed by atoms with Gasteiger partial charge in [0, 0.05) is 39.9 Å². The van der Waals surface area contributed by atoms with Gasteiger partial charge in [0.2, 0.25) is 5.91 Å². The molecule has 6 heteroatoms. The van der Waals surface area contributed by atoms with E-state index in [1.807, 2.05) is 70.6 Å². The number of hydrogen-bond acceptors (Lipinski definition) is 4. The first kappa shape index (κ1) is 20.0. The van der Waals surface area contributed by atoms with Gasteiger partial charge in [-0.3, -0.25) is 9.20 Å². The molecule has 2 aromatic heterocycles. The zero-order valence-corrected chi connectivity index (χ0v) is 18.4. The average molecular weight is 439 g/mol. The molecule has 0 unspecified atom stereocenters. The number of carbonyl (C=O) groups is 1. The Morgan fingerprint density at radius 1 is 0.906 bits per heavy atom. The zero-order valence-electron chi connectivity index (χ0n) is 17.6. The van der Waals surface area contributed by atoms with E-state index in [0.717, 1.165) is 39.0 Å². The molecule has 0 saturated carbocycles. The molecule has 2 N–H and O–H groups in total. The molecule has 0 aliphatic heterocycles. The molecule has 3 aromatic carbocycles. The highest BCUT2D eigenvalue weighted by Crippen LogP contribution is 2.25. The molecule has 0 atom stereocenters. The Hall–Kier alpha value is -3.90. The Bertz CT molecular complexity index is 1350. The van der Waals surface area contributed by atoms with Gasteiger partial charge in [0.15, 0.2) is 4.96 Å². The second-order valence-corrected chi connectivity index (χ2v) is 8.50. The number of thiazole rings is 1. The normalized spacial score (nSPS) is 10.9. The van der Waals surface area contributed by atoms with Crippen molar-refractivity contribution in [1.82, 2.24) is 9.38 Å². The number of nitrogens with zero attached hydrogens (tertiary/aromatic N) is 2. The van der Waals surface area contributed by atoms with E-state index in [1.165, 1.54) is 5.56 Å². The van der Waals surface area contributed by atoms with Crippen LogP contribution in [0.5, 0.6) is 0 Å². The lowest BCUT2D eigenvalue weighted by Gasteiger charge is -2.08. The van der Waals surface area contributed by atoms with Crippen molar-refractivity contribution in [2.75, 3.05) is 10.6 Å². The fourth-order valence-electron chi connectivity index (χ4n) is 3.51. The quantitative estimate of drug-likeness (QED) is 0.327. The summed E-state index contributed by atoms with van der Waals surface area (Å²) in [7, 11) is 0. The van der Waals surface area contributed by atoms with E-state index in [9.17, 15) is 4.79 Å². The summed E-state index contributed by atoms with van der Waals surface area (Å²) in [6, 6.07) is 26.0. The van der Waals surface area contributed by atoms with Crippen molar-refractivity contribution in [3.63, 3.8) is 0 Å². The van der Waals surface area contributed by atoms with Gasteiger partial charge in [-0.15, -0.1) is 11.3 Å². The Labute approximate surface area is 190 Å². The SMILES string of the molecule is Cc1ccc(-c2cn3c(CC(=O)Nc4ccc(Nc5ccccc5)cc4)csc3n2)cc1. The van der Waals surface area contributed by atoms with E-state index in [1.54, 1.807) is 11.3 Å². The lowest BCUT2D eigenvalue weighted by Crippen LogP contribution is -2.15. The fraction of sp³-hybridized carbons (Fsp3) is 0.0769. The second kappa shape index (κ2) is 8.69. The molecule has 1 amide bonds. The summed E-state index contributed by atoms with van der Waals surface area (Å²) in [5.41, 5.74) is 6.90. The number of imidazole rings is 1. The number of anilines is 3. The van der Waals surface area contributed by atoms with Crippen LogP contribution >= 0.6 is 11.3 Å². The highest BCUT2D eigenvalue weighted by molar-refractivity contribution is 7.15. The van der Waals surface area contributed by atoms with E-state index < -0.39 is 0 Å². The predicted octanol–water partition coefficient (Wildman–Crippen LogP) is 6.30. The van der Waals surface area contributed by atoms with Crippen LogP contribution < -0.4 is 10.6 Å². The Morgan fingerprint density at radius 3 is 2.34 bits per heavy atom. The number of rotatable bonds is 6. The summed E-state index contributed by atoms with van der Waals surface area (Å²) in [6.07, 6.45) is 2.29. The minimum absolute atomic E-state index is 0.0564. The number of benzene rings is 3. The van der Waals surface area contributed by atoms with Crippen LogP contribution in [0.25, 0.3) is 16.2 Å². The van der Waals surface area contributed by atoms with Gasteiger partial charge in [0.1, 0.15) is 0 Å². The van der Waals surface area contributed by atoms with Crippen molar-refractivity contribution in [2.24, 2.45) is 0 Å². The summed E-state index contributed by atoms with van der Waals surface area (Å²) in [5, 5.41) is 8.32. The van der Waals surface area contributed by atoms with Crippen LogP contribution in [-0.2, 0) is 11.2 Å². The maximum Gasteiger partial charge on any atom is 0.230 e. The summed E-state index contributed by atoms with van der Waals surface area (Å²) in [4.78, 5) is 18.3. The fourth-order valence-corrected chi connectivity index (χ4v) is 4.39. The van der Waals surface area contributed by atoms with Crippen molar-refractivity contribution in [2.45, 2.75) is 13.3 Å². The van der Waals surface area contributed by atoms with Gasteiger partial charge in [-0.05, 0) is 43.3 Å². The van der Waals surface area contributed by atoms with Crippen LogP contribution in [0, 0.1) is 6.92 Å². The summed E-state index contributed by atoms with van der Waals surface area (Å²) in [5.74, 6) is -0.0564. The van der Waals surface area contributed by atoms with Crippen molar-refractivity contribution < 1.29 is 4.79 Å². The number of aromatic nitrogens is 2. The third kappa shape index (κ3) is 4.40. The van der Waals surface area contributed by atoms with Crippen LogP contribution in [0.4, 0.5) is 17.1 Å². The topological polar surface area (TPSA) is 58.4 Å². The summed E-state index contributed by atoms with van der Waals surface area (Å²) < 4.78 is 2.01. The van der Waals surface area contributed by atoms with Crippen LogP contribution in [-0.4, -0.2) is 15.3 Å². The Morgan fingerprint density at radius 2 is 1.59 bits per heavy atom. The first-order chi connectivity index (χ1) is 15.6. The van der Waals surface area contributed by atoms with Crippen LogP contribution in [0.1, 0.15) is 11.3 Å². The van der Waals surface area contributed by atoms with Crippen LogP contribution in [0.3, 0.4) is 0 Å². The summed E-state index contributed by atoms with van der Waals surface area (Å²) >= 11 is 1.55. The van der Waals surface area contributed by atoms with Crippen LogP contribution in [0.15, 0.2) is 90.4 Å². The molecular formula is C26H22N4OS. The van der Waals surface area contributed by atoms with Gasteiger partial charge in [0.05, 0.1) is 12.1 Å². The van der Waals surface area contributed by atoms with E-state index >= 15 is 0 Å². The monoisotopic (exact) mass is 438 g/mol. The number of nitrogens with one attached hydrogen (secondary N) is 2. The molecular weight excluding hydrogens is 416 g/mol. The minimum atomic E-state index is -0.0564. The molecule has 0 aliphatic carbocycles. The van der Waals surface area contributed by atoms with Gasteiger partial charge < -0.3 is 10.6 Å². The van der Waals surface area contributed by atoms with Gasteiger partial charge in [-0.25, -0.2) is 4.98 Å². The minimum Gasteiger partial charge on any atom is -0.356 e. The van der Waals surface area contributed by atoms with Gasteiger partial charge >= 0.3 is 0 Å². The van der Waals surface area contributed by atoms with Gasteiger partial charge in [-0.1, -0.05) is 48.0 Å². The zero-order chi connectivity index (χ0) is 21.9. The lowest BCUT2D eigenvalue weighted by atomic mass is 10.1. The third-order valence-electron chi connectivity index (χ3n) is 5.20. The molecule has 0 spiro atoms. The molecule has 5 nitrogen and oxygen atoms in total. The largest absolute Gasteiger partial charge is 0.356 e. The van der Waals surface area contributed by atoms with E-state index in [4.69, 9.17) is 4.98 Å². The lowest BCUT2D eigenvalue weighted by molar-refractivity contribution is -0.115. The van der Waals surface area contributed by atoms with Gasteiger partial charge in [-0.2, -0.15) is 0 Å². The number of amides is 1. The number of aryl methyl sites for hydroxylation is 1.